The maximum Gasteiger partial charge on any atom is 0.164 e. The van der Waals surface area contributed by atoms with Gasteiger partial charge in [0, 0.05) is 38.5 Å². The summed E-state index contributed by atoms with van der Waals surface area (Å²) in [6.45, 7) is 0. The van der Waals surface area contributed by atoms with Crippen LogP contribution in [0, 0.1) is 0 Å². The number of nitrogens with one attached hydrogen (secondary N) is 1. The first-order chi connectivity index (χ1) is 20.6. The van der Waals surface area contributed by atoms with Gasteiger partial charge in [0.05, 0.1) is 17.0 Å². The van der Waals surface area contributed by atoms with Gasteiger partial charge in [-0.1, -0.05) is 140 Å². The number of hydrogen-bond acceptors (Lipinski definition) is 4. The van der Waals surface area contributed by atoms with Crippen molar-refractivity contribution < 1.29 is 9.13 Å². The molecule has 7 rings (SSSR count). The van der Waals surface area contributed by atoms with Crippen LogP contribution in [-0.4, -0.2) is 10.8 Å². The van der Waals surface area contributed by atoms with E-state index in [1.54, 1.807) is 6.20 Å². The van der Waals surface area contributed by atoms with Gasteiger partial charge in [-0.25, -0.2) is 0 Å². The molecule has 1 aliphatic heterocycles. The standard InChI is InChI=1S/C36H30N2O2P2/c39-41(28-15-5-1-6-16-28,29-17-7-2-8-18-29)33-26-34(38-36-32(33)24-23-27-14-13-25-37-35(27)36)42(40,30-19-9-3-10-20-30)31-21-11-4-12-22-31/h1-25,33-34,38H,26H2/t33-,34-/m1/s1. The molecule has 42 heavy (non-hydrogen) atoms. The van der Waals surface area contributed by atoms with Crippen molar-refractivity contribution in [3.05, 3.63) is 157 Å². The smallest absolute Gasteiger partial charge is 0.164 e. The van der Waals surface area contributed by atoms with E-state index in [0.717, 1.165) is 43.4 Å². The van der Waals surface area contributed by atoms with Crippen molar-refractivity contribution in [3.63, 3.8) is 0 Å². The second-order valence-corrected chi connectivity index (χ2v) is 16.6. The second-order valence-electron chi connectivity index (χ2n) is 10.7. The number of benzene rings is 5. The molecule has 6 heteroatoms. The van der Waals surface area contributed by atoms with Crippen molar-refractivity contribution in [3.8, 4) is 0 Å². The van der Waals surface area contributed by atoms with E-state index in [1.807, 2.05) is 133 Å². The SMILES string of the molecule is O=P(c1ccccc1)(c1ccccc1)[C@@H]1C[C@@H](P(=O)(c2ccccc2)c2ccccc2)c2ccc3cccnc3c2N1. The van der Waals surface area contributed by atoms with E-state index in [4.69, 9.17) is 4.98 Å². The molecular weight excluding hydrogens is 554 g/mol. The monoisotopic (exact) mass is 584 g/mol. The summed E-state index contributed by atoms with van der Waals surface area (Å²) in [4.78, 5) is 4.78. The molecular formula is C36H30N2O2P2. The Morgan fingerprint density at radius 3 is 1.52 bits per heavy atom. The molecule has 0 saturated carbocycles. The van der Waals surface area contributed by atoms with Crippen molar-refractivity contribution in [1.29, 1.82) is 0 Å². The van der Waals surface area contributed by atoms with Crippen LogP contribution in [-0.2, 0) is 9.13 Å². The van der Waals surface area contributed by atoms with E-state index >= 15 is 9.13 Å². The fraction of sp³-hybridized carbons (Fsp3) is 0.0833. The summed E-state index contributed by atoms with van der Waals surface area (Å²) in [6, 6.07) is 47.1. The van der Waals surface area contributed by atoms with Crippen LogP contribution in [0.1, 0.15) is 17.6 Å². The van der Waals surface area contributed by atoms with Crippen LogP contribution >= 0.6 is 14.3 Å². The number of rotatable bonds is 6. The van der Waals surface area contributed by atoms with Gasteiger partial charge < -0.3 is 14.4 Å². The van der Waals surface area contributed by atoms with Gasteiger partial charge in [-0.2, -0.15) is 0 Å². The van der Waals surface area contributed by atoms with Gasteiger partial charge >= 0.3 is 0 Å². The first-order valence-corrected chi connectivity index (χ1v) is 17.7. The Labute approximate surface area is 246 Å². The average Bonchev–Trinajstić information content (AvgIpc) is 3.08. The van der Waals surface area contributed by atoms with Crippen LogP contribution in [0.3, 0.4) is 0 Å². The van der Waals surface area contributed by atoms with Crippen LogP contribution in [0.5, 0.6) is 0 Å². The minimum absolute atomic E-state index is 0.421. The Hall–Kier alpha value is -4.23. The molecule has 1 N–H and O–H groups in total. The Morgan fingerprint density at radius 2 is 1.02 bits per heavy atom. The van der Waals surface area contributed by atoms with Gasteiger partial charge in [0.1, 0.15) is 0 Å². The van der Waals surface area contributed by atoms with Crippen LogP contribution in [0.2, 0.25) is 0 Å². The van der Waals surface area contributed by atoms with Crippen LogP contribution < -0.4 is 26.5 Å². The highest BCUT2D eigenvalue weighted by atomic mass is 31.2. The lowest BCUT2D eigenvalue weighted by atomic mass is 10.00. The Morgan fingerprint density at radius 1 is 0.548 bits per heavy atom. The lowest BCUT2D eigenvalue weighted by molar-refractivity contribution is 0.561. The zero-order chi connectivity index (χ0) is 28.6. The predicted octanol–water partition coefficient (Wildman–Crippen LogP) is 7.45. The summed E-state index contributed by atoms with van der Waals surface area (Å²) in [7, 11) is -6.57. The second kappa shape index (κ2) is 10.9. The molecule has 6 aromatic rings. The highest BCUT2D eigenvalue weighted by Gasteiger charge is 2.48. The number of hydrogen-bond donors (Lipinski definition) is 1. The molecule has 4 nitrogen and oxygen atoms in total. The minimum atomic E-state index is -3.29. The summed E-state index contributed by atoms with van der Waals surface area (Å²) in [5.74, 6) is -0.506. The summed E-state index contributed by atoms with van der Waals surface area (Å²) >= 11 is 0. The van der Waals surface area contributed by atoms with E-state index in [2.05, 4.69) is 17.4 Å². The van der Waals surface area contributed by atoms with Gasteiger partial charge in [-0.15, -0.1) is 0 Å². The molecule has 1 aromatic heterocycles. The quantitative estimate of drug-likeness (QED) is 0.207. The maximum absolute atomic E-state index is 15.9. The van der Waals surface area contributed by atoms with Crippen molar-refractivity contribution in [2.24, 2.45) is 0 Å². The van der Waals surface area contributed by atoms with Crippen molar-refractivity contribution in [1.82, 2.24) is 4.98 Å². The fourth-order valence-electron chi connectivity index (χ4n) is 6.35. The topological polar surface area (TPSA) is 59.1 Å². The van der Waals surface area contributed by atoms with Gasteiger partial charge in [0.15, 0.2) is 14.3 Å². The summed E-state index contributed by atoms with van der Waals surface area (Å²) in [6.07, 6.45) is 2.21. The minimum Gasteiger partial charge on any atom is -0.373 e. The lowest BCUT2D eigenvalue weighted by Gasteiger charge is -2.41. The molecule has 0 radical (unpaired) electrons. The molecule has 0 aliphatic carbocycles. The maximum atomic E-state index is 15.9. The molecule has 0 amide bonds. The van der Waals surface area contributed by atoms with Gasteiger partial charge in [0.25, 0.3) is 0 Å². The summed E-state index contributed by atoms with van der Waals surface area (Å²) in [5, 5.41) is 7.86. The largest absolute Gasteiger partial charge is 0.373 e. The molecule has 0 fully saturated rings. The van der Waals surface area contributed by atoms with E-state index in [0.29, 0.717) is 6.42 Å². The van der Waals surface area contributed by atoms with Crippen LogP contribution in [0.15, 0.2) is 152 Å². The molecule has 1 aliphatic rings. The van der Waals surface area contributed by atoms with E-state index < -0.39 is 25.7 Å². The third kappa shape index (κ3) is 4.34. The number of nitrogens with zero attached hydrogens (tertiary/aromatic N) is 1. The van der Waals surface area contributed by atoms with Crippen LogP contribution in [0.25, 0.3) is 10.9 Å². The lowest BCUT2D eigenvalue weighted by Crippen LogP contribution is -2.37. The molecule has 0 bridgehead atoms. The number of anilines is 1. The summed E-state index contributed by atoms with van der Waals surface area (Å²) < 4.78 is 31.6. The highest BCUT2D eigenvalue weighted by molar-refractivity contribution is 7.80. The molecule has 0 unspecified atom stereocenters. The van der Waals surface area contributed by atoms with E-state index in [-0.39, 0.29) is 0 Å². The summed E-state index contributed by atoms with van der Waals surface area (Å²) in [5.41, 5.74) is 2.13. The van der Waals surface area contributed by atoms with E-state index in [1.165, 1.54) is 0 Å². The van der Waals surface area contributed by atoms with Gasteiger partial charge in [-0.05, 0) is 18.1 Å². The Balaban J connectivity index is 1.52. The Kier molecular flexibility index (Phi) is 6.90. The fourth-order valence-corrected chi connectivity index (χ4v) is 12.9. The Bertz CT molecular complexity index is 1860. The van der Waals surface area contributed by atoms with Crippen LogP contribution in [0.4, 0.5) is 5.69 Å². The molecule has 0 saturated heterocycles. The molecule has 0 spiro atoms. The molecule has 2 heterocycles. The third-order valence-corrected chi connectivity index (χ3v) is 15.2. The molecule has 206 valence electrons. The third-order valence-electron chi connectivity index (χ3n) is 8.36. The van der Waals surface area contributed by atoms with E-state index in [9.17, 15) is 0 Å². The predicted molar refractivity (Wildman–Crippen MR) is 176 cm³/mol. The zero-order valence-corrected chi connectivity index (χ0v) is 24.7. The average molecular weight is 585 g/mol. The van der Waals surface area contributed by atoms with Gasteiger partial charge in [0.2, 0.25) is 0 Å². The first kappa shape index (κ1) is 26.7. The molecule has 2 atom stereocenters. The van der Waals surface area contributed by atoms with Crippen molar-refractivity contribution in [2.45, 2.75) is 17.9 Å². The number of fused-ring (bicyclic) bond motifs is 3. The molecule has 5 aromatic carbocycles. The first-order valence-electron chi connectivity index (χ1n) is 14.2. The highest BCUT2D eigenvalue weighted by Crippen LogP contribution is 2.66. The number of aromatic nitrogens is 1. The normalized spacial score (nSPS) is 16.9. The number of pyridine rings is 1. The van der Waals surface area contributed by atoms with Gasteiger partial charge in [-0.3, -0.25) is 4.98 Å². The van der Waals surface area contributed by atoms with Crippen molar-refractivity contribution >= 4 is 52.1 Å². The zero-order valence-electron chi connectivity index (χ0n) is 23.0. The van der Waals surface area contributed by atoms with Crippen molar-refractivity contribution in [2.75, 3.05) is 5.32 Å².